The Balaban J connectivity index is 1.15. The molecule has 1 fully saturated rings. The van der Waals surface area contributed by atoms with E-state index in [1.807, 2.05) is 0 Å². The van der Waals surface area contributed by atoms with Crippen molar-refractivity contribution in [2.24, 2.45) is 0 Å². The highest BCUT2D eigenvalue weighted by Gasteiger charge is 2.39. The van der Waals surface area contributed by atoms with Gasteiger partial charge in [0.25, 0.3) is 11.8 Å². The minimum atomic E-state index is -4.39. The van der Waals surface area contributed by atoms with E-state index in [2.05, 4.69) is 10.4 Å². The van der Waals surface area contributed by atoms with Gasteiger partial charge in [-0.1, -0.05) is 6.07 Å². The van der Waals surface area contributed by atoms with Crippen LogP contribution in [0.5, 0.6) is 11.6 Å². The number of halogens is 5. The van der Waals surface area contributed by atoms with E-state index in [-0.39, 0.29) is 44.0 Å². The van der Waals surface area contributed by atoms with Crippen LogP contribution in [-0.4, -0.2) is 77.7 Å². The highest BCUT2D eigenvalue weighted by Crippen LogP contribution is 2.30. The number of aromatic nitrogens is 2. The minimum Gasteiger partial charge on any atom is -0.491 e. The summed E-state index contributed by atoms with van der Waals surface area (Å²) in [6, 6.07) is 6.21. The molecule has 1 aromatic heterocycles. The number of benzene rings is 1. The van der Waals surface area contributed by atoms with E-state index in [0.29, 0.717) is 49.7 Å². The largest absolute Gasteiger partial charge is 0.491 e. The van der Waals surface area contributed by atoms with Crippen molar-refractivity contribution in [1.82, 2.24) is 20.0 Å². The number of rotatable bonds is 7. The normalized spacial score (nSPS) is 23.1. The van der Waals surface area contributed by atoms with E-state index < -0.39 is 24.6 Å². The van der Waals surface area contributed by atoms with Crippen LogP contribution in [-0.2, 0) is 24.3 Å². The Bertz CT molecular complexity index is 1140. The zero-order chi connectivity index (χ0) is 26.2. The van der Waals surface area contributed by atoms with Gasteiger partial charge >= 0.3 is 6.18 Å². The third-order valence-electron chi connectivity index (χ3n) is 6.54. The fraction of sp³-hybridized carbons (Fsp3) is 0.583. The SMILES string of the molecule is O=C(N[C@H]1COc2ccc(COCC(F)(F)F)cc2C1)c1cc2n(n1)CCC(CN1CCC(F)(F)C1)O2. The van der Waals surface area contributed by atoms with E-state index in [9.17, 15) is 26.7 Å². The molecule has 0 saturated carbocycles. The van der Waals surface area contributed by atoms with Crippen LogP contribution in [0, 0.1) is 0 Å². The number of fused-ring (bicyclic) bond motifs is 2. The van der Waals surface area contributed by atoms with Gasteiger partial charge in [0.1, 0.15) is 25.1 Å². The standard InChI is InChI=1S/C24H27F5N4O4/c25-23(26)4-6-32(13-23)10-18-3-5-33-21(37-18)9-19(31-33)22(34)30-17-8-16-7-15(1-2-20(16)36-12-17)11-35-14-24(27,28)29/h1-2,7,9,17-18H,3-6,8,10-14H2,(H,30,34)/t17-,18?/m1/s1. The van der Waals surface area contributed by atoms with Crippen LogP contribution in [0.15, 0.2) is 24.3 Å². The van der Waals surface area contributed by atoms with E-state index in [1.165, 1.54) is 6.07 Å². The second kappa shape index (κ2) is 10.1. The van der Waals surface area contributed by atoms with Crippen molar-refractivity contribution in [2.75, 3.05) is 32.8 Å². The number of amides is 1. The number of alkyl halides is 5. The summed E-state index contributed by atoms with van der Waals surface area (Å²) in [5.41, 5.74) is 1.50. The number of hydrogen-bond donors (Lipinski definition) is 1. The summed E-state index contributed by atoms with van der Waals surface area (Å²) in [5.74, 6) is -2.05. The lowest BCUT2D eigenvalue weighted by atomic mass is 10.0. The van der Waals surface area contributed by atoms with Gasteiger partial charge in [-0.15, -0.1) is 0 Å². The lowest BCUT2D eigenvalue weighted by molar-refractivity contribution is -0.176. The van der Waals surface area contributed by atoms with Crippen molar-refractivity contribution in [3.63, 3.8) is 0 Å². The molecule has 1 saturated heterocycles. The van der Waals surface area contributed by atoms with Crippen molar-refractivity contribution in [3.05, 3.63) is 41.1 Å². The first-order chi connectivity index (χ1) is 17.5. The van der Waals surface area contributed by atoms with Crippen LogP contribution in [0.25, 0.3) is 0 Å². The van der Waals surface area contributed by atoms with Gasteiger partial charge in [0, 0.05) is 38.5 Å². The maximum absolute atomic E-state index is 13.5. The molecule has 37 heavy (non-hydrogen) atoms. The second-order valence-electron chi connectivity index (χ2n) is 9.70. The molecule has 0 aliphatic carbocycles. The van der Waals surface area contributed by atoms with Crippen LogP contribution >= 0.6 is 0 Å². The number of carbonyl (C=O) groups excluding carboxylic acids is 1. The lowest BCUT2D eigenvalue weighted by Crippen LogP contribution is -2.43. The van der Waals surface area contributed by atoms with Gasteiger partial charge in [0.2, 0.25) is 5.88 Å². The van der Waals surface area contributed by atoms with Crippen molar-refractivity contribution in [3.8, 4) is 11.6 Å². The molecule has 13 heteroatoms. The van der Waals surface area contributed by atoms with E-state index in [0.717, 1.165) is 5.56 Å². The van der Waals surface area contributed by atoms with Crippen molar-refractivity contribution in [2.45, 2.75) is 56.7 Å². The first-order valence-electron chi connectivity index (χ1n) is 12.1. The van der Waals surface area contributed by atoms with Gasteiger partial charge in [-0.3, -0.25) is 9.69 Å². The Morgan fingerprint density at radius 2 is 2.08 bits per heavy atom. The van der Waals surface area contributed by atoms with E-state index >= 15 is 0 Å². The molecule has 1 unspecified atom stereocenters. The Hall–Kier alpha value is -2.93. The number of aryl methyl sites for hydroxylation is 1. The molecule has 3 aliphatic heterocycles. The molecule has 0 spiro atoms. The summed E-state index contributed by atoms with van der Waals surface area (Å²) < 4.78 is 81.8. The van der Waals surface area contributed by atoms with Gasteiger partial charge in [-0.05, 0) is 29.7 Å². The van der Waals surface area contributed by atoms with Gasteiger partial charge < -0.3 is 19.5 Å². The molecule has 1 N–H and O–H groups in total. The van der Waals surface area contributed by atoms with Gasteiger partial charge in [-0.2, -0.15) is 18.3 Å². The summed E-state index contributed by atoms with van der Waals surface area (Å²) >= 11 is 0. The predicted octanol–water partition coefficient (Wildman–Crippen LogP) is 3.19. The summed E-state index contributed by atoms with van der Waals surface area (Å²) in [7, 11) is 0. The smallest absolute Gasteiger partial charge is 0.411 e. The number of nitrogens with one attached hydrogen (secondary N) is 1. The molecule has 1 amide bonds. The third kappa shape index (κ3) is 6.50. The summed E-state index contributed by atoms with van der Waals surface area (Å²) in [6.07, 6.45) is -3.77. The Morgan fingerprint density at radius 1 is 1.24 bits per heavy atom. The van der Waals surface area contributed by atoms with E-state index in [1.54, 1.807) is 27.8 Å². The maximum Gasteiger partial charge on any atom is 0.411 e. The average molecular weight is 530 g/mol. The fourth-order valence-corrected chi connectivity index (χ4v) is 4.82. The number of carbonyl (C=O) groups is 1. The lowest BCUT2D eigenvalue weighted by Gasteiger charge is -2.28. The highest BCUT2D eigenvalue weighted by molar-refractivity contribution is 5.92. The number of nitrogens with zero attached hydrogens (tertiary/aromatic N) is 3. The maximum atomic E-state index is 13.5. The highest BCUT2D eigenvalue weighted by atomic mass is 19.4. The molecular weight excluding hydrogens is 503 g/mol. The van der Waals surface area contributed by atoms with Crippen LogP contribution in [0.2, 0.25) is 0 Å². The Morgan fingerprint density at radius 3 is 2.84 bits per heavy atom. The predicted molar refractivity (Wildman–Crippen MR) is 120 cm³/mol. The topological polar surface area (TPSA) is 77.8 Å². The Labute approximate surface area is 209 Å². The van der Waals surface area contributed by atoms with Crippen molar-refractivity contribution in [1.29, 1.82) is 0 Å². The van der Waals surface area contributed by atoms with Crippen LogP contribution in [0.3, 0.4) is 0 Å². The van der Waals surface area contributed by atoms with Gasteiger partial charge in [-0.25, -0.2) is 13.5 Å². The monoisotopic (exact) mass is 530 g/mol. The van der Waals surface area contributed by atoms with Gasteiger partial charge in [0.15, 0.2) is 5.69 Å². The molecule has 1 aromatic carbocycles. The molecule has 5 rings (SSSR count). The van der Waals surface area contributed by atoms with Gasteiger partial charge in [0.05, 0.1) is 19.2 Å². The first-order valence-corrected chi connectivity index (χ1v) is 12.1. The molecule has 4 heterocycles. The summed E-state index contributed by atoms with van der Waals surface area (Å²) in [5, 5.41) is 7.19. The van der Waals surface area contributed by atoms with Crippen LogP contribution in [0.4, 0.5) is 22.0 Å². The molecule has 8 nitrogen and oxygen atoms in total. The first kappa shape index (κ1) is 25.7. The molecule has 2 atom stereocenters. The third-order valence-corrected chi connectivity index (χ3v) is 6.54. The van der Waals surface area contributed by atoms with Crippen molar-refractivity contribution < 1.29 is 41.0 Å². The molecule has 202 valence electrons. The van der Waals surface area contributed by atoms with Crippen molar-refractivity contribution >= 4 is 5.91 Å². The van der Waals surface area contributed by atoms with Crippen LogP contribution in [0.1, 0.15) is 34.5 Å². The fourth-order valence-electron chi connectivity index (χ4n) is 4.82. The number of hydrogen-bond acceptors (Lipinski definition) is 6. The van der Waals surface area contributed by atoms with E-state index in [4.69, 9.17) is 14.2 Å². The Kier molecular flexibility index (Phi) is 7.01. The number of likely N-dealkylation sites (tertiary alicyclic amines) is 1. The van der Waals surface area contributed by atoms with Crippen LogP contribution < -0.4 is 14.8 Å². The number of ether oxygens (including phenoxy) is 3. The summed E-state index contributed by atoms with van der Waals surface area (Å²) in [4.78, 5) is 14.6. The molecule has 0 bridgehead atoms. The molecule has 3 aliphatic rings. The minimum absolute atomic E-state index is 0.148. The molecular formula is C24H27F5N4O4. The quantitative estimate of drug-likeness (QED) is 0.555. The average Bonchev–Trinajstić information content (AvgIpc) is 3.40. The second-order valence-corrected chi connectivity index (χ2v) is 9.70. The zero-order valence-electron chi connectivity index (χ0n) is 19.9. The zero-order valence-corrected chi connectivity index (χ0v) is 19.9. The molecule has 0 radical (unpaired) electrons. The summed E-state index contributed by atoms with van der Waals surface area (Å²) in [6.45, 7) is -0.323. The molecule has 2 aromatic rings.